The van der Waals surface area contributed by atoms with Gasteiger partial charge >= 0.3 is 0 Å². The number of fused-ring (bicyclic) bond motifs is 1. The maximum absolute atomic E-state index is 12.8. The van der Waals surface area contributed by atoms with Crippen molar-refractivity contribution in [1.82, 2.24) is 0 Å². The lowest BCUT2D eigenvalue weighted by Gasteiger charge is -2.11. The van der Waals surface area contributed by atoms with Gasteiger partial charge in [0.15, 0.2) is 0 Å². The van der Waals surface area contributed by atoms with E-state index in [1.54, 1.807) is 56.7 Å². The Balaban J connectivity index is 1.55. The van der Waals surface area contributed by atoms with Gasteiger partial charge in [0.2, 0.25) is 11.2 Å². The predicted octanol–water partition coefficient (Wildman–Crippen LogP) is 5.18. The van der Waals surface area contributed by atoms with Crippen LogP contribution in [0.1, 0.15) is 5.56 Å². The van der Waals surface area contributed by atoms with Crippen LogP contribution in [-0.4, -0.2) is 14.2 Å². The maximum Gasteiger partial charge on any atom is 0.235 e. The van der Waals surface area contributed by atoms with Crippen LogP contribution in [0.2, 0.25) is 0 Å². The lowest BCUT2D eigenvalue weighted by atomic mass is 10.2. The fourth-order valence-corrected chi connectivity index (χ4v) is 3.03. The highest BCUT2D eigenvalue weighted by atomic mass is 16.5. The molecule has 30 heavy (non-hydrogen) atoms. The van der Waals surface area contributed by atoms with Crippen LogP contribution in [0.5, 0.6) is 28.7 Å². The summed E-state index contributed by atoms with van der Waals surface area (Å²) >= 11 is 0. The van der Waals surface area contributed by atoms with Crippen LogP contribution in [0, 0.1) is 0 Å². The van der Waals surface area contributed by atoms with Crippen LogP contribution in [0.15, 0.2) is 82.2 Å². The van der Waals surface area contributed by atoms with Crippen molar-refractivity contribution < 1.29 is 23.4 Å². The van der Waals surface area contributed by atoms with Crippen LogP contribution in [0.4, 0.5) is 0 Å². The zero-order chi connectivity index (χ0) is 20.9. The predicted molar refractivity (Wildman–Crippen MR) is 113 cm³/mol. The molecule has 0 unspecified atom stereocenters. The molecule has 6 nitrogen and oxygen atoms in total. The Morgan fingerprint density at radius 3 is 2.47 bits per heavy atom. The van der Waals surface area contributed by atoms with E-state index in [4.69, 9.17) is 23.4 Å². The molecule has 1 aromatic heterocycles. The molecule has 0 aliphatic heterocycles. The fraction of sp³-hybridized carbons (Fsp3) is 0.125. The van der Waals surface area contributed by atoms with Crippen molar-refractivity contribution in [2.24, 2.45) is 0 Å². The highest BCUT2D eigenvalue weighted by Crippen LogP contribution is 2.27. The first-order chi connectivity index (χ1) is 14.7. The van der Waals surface area contributed by atoms with Crippen molar-refractivity contribution in [3.63, 3.8) is 0 Å². The molecule has 0 radical (unpaired) electrons. The molecule has 0 saturated carbocycles. The van der Waals surface area contributed by atoms with E-state index in [-0.39, 0.29) is 11.2 Å². The molecule has 0 atom stereocenters. The molecule has 0 N–H and O–H groups in total. The first kappa shape index (κ1) is 19.4. The SMILES string of the molecule is COc1cccc(Oc2coc3cc(OCc4ccccc4OC)ccc3c2=O)c1. The summed E-state index contributed by atoms with van der Waals surface area (Å²) in [6.07, 6.45) is 1.30. The van der Waals surface area contributed by atoms with E-state index in [2.05, 4.69) is 0 Å². The number of para-hydroxylation sites is 1. The van der Waals surface area contributed by atoms with Crippen LogP contribution >= 0.6 is 0 Å². The van der Waals surface area contributed by atoms with Crippen molar-refractivity contribution in [2.75, 3.05) is 14.2 Å². The summed E-state index contributed by atoms with van der Waals surface area (Å²) < 4.78 is 27.7. The molecular weight excluding hydrogens is 384 g/mol. The van der Waals surface area contributed by atoms with Crippen molar-refractivity contribution in [3.8, 4) is 28.7 Å². The average Bonchev–Trinajstić information content (AvgIpc) is 2.80. The Morgan fingerprint density at radius 2 is 1.63 bits per heavy atom. The van der Waals surface area contributed by atoms with Crippen molar-refractivity contribution in [1.29, 1.82) is 0 Å². The van der Waals surface area contributed by atoms with Gasteiger partial charge in [0.05, 0.1) is 19.6 Å². The number of benzene rings is 3. The molecule has 1 heterocycles. The first-order valence-corrected chi connectivity index (χ1v) is 9.30. The molecule has 4 aromatic rings. The van der Waals surface area contributed by atoms with E-state index in [1.165, 1.54) is 6.26 Å². The third-order valence-electron chi connectivity index (χ3n) is 4.57. The second-order valence-electron chi connectivity index (χ2n) is 6.47. The standard InChI is InChI=1S/C24H20O6/c1-26-17-7-5-8-19(12-17)30-23-15-29-22-13-18(10-11-20(22)24(23)25)28-14-16-6-3-4-9-21(16)27-2/h3-13,15H,14H2,1-2H3. The zero-order valence-electron chi connectivity index (χ0n) is 16.6. The van der Waals surface area contributed by atoms with Crippen LogP contribution in [-0.2, 0) is 6.61 Å². The Bertz CT molecular complexity index is 1230. The van der Waals surface area contributed by atoms with Crippen LogP contribution in [0.25, 0.3) is 11.0 Å². The minimum Gasteiger partial charge on any atom is -0.497 e. The molecule has 0 bridgehead atoms. The van der Waals surface area contributed by atoms with E-state index in [0.29, 0.717) is 34.8 Å². The lowest BCUT2D eigenvalue weighted by molar-refractivity contribution is 0.296. The molecule has 0 aliphatic carbocycles. The second kappa shape index (κ2) is 8.61. The number of rotatable bonds is 7. The quantitative estimate of drug-likeness (QED) is 0.423. The number of methoxy groups -OCH3 is 2. The molecule has 0 aliphatic rings. The van der Waals surface area contributed by atoms with Gasteiger partial charge in [-0.1, -0.05) is 24.3 Å². The van der Waals surface area contributed by atoms with E-state index in [9.17, 15) is 4.79 Å². The summed E-state index contributed by atoms with van der Waals surface area (Å²) in [4.78, 5) is 12.8. The molecule has 0 saturated heterocycles. The Morgan fingerprint density at radius 1 is 0.800 bits per heavy atom. The third-order valence-corrected chi connectivity index (χ3v) is 4.57. The van der Waals surface area contributed by atoms with Gasteiger partial charge in [-0.25, -0.2) is 0 Å². The first-order valence-electron chi connectivity index (χ1n) is 9.30. The summed E-state index contributed by atoms with van der Waals surface area (Å²) in [5.41, 5.74) is 1.06. The topological polar surface area (TPSA) is 67.1 Å². The minimum absolute atomic E-state index is 0.0958. The Labute approximate surface area is 173 Å². The van der Waals surface area contributed by atoms with E-state index < -0.39 is 0 Å². The molecule has 4 rings (SSSR count). The monoisotopic (exact) mass is 404 g/mol. The average molecular weight is 404 g/mol. The summed E-state index contributed by atoms with van der Waals surface area (Å²) in [5.74, 6) is 2.55. The highest BCUT2D eigenvalue weighted by Gasteiger charge is 2.11. The smallest absolute Gasteiger partial charge is 0.235 e. The van der Waals surface area contributed by atoms with Gasteiger partial charge in [0.25, 0.3) is 0 Å². The van der Waals surface area contributed by atoms with Gasteiger partial charge in [-0.05, 0) is 30.3 Å². The number of ether oxygens (including phenoxy) is 4. The molecule has 3 aromatic carbocycles. The van der Waals surface area contributed by atoms with Crippen LogP contribution < -0.4 is 24.4 Å². The summed E-state index contributed by atoms with van der Waals surface area (Å²) in [6, 6.07) is 19.7. The molecular formula is C24H20O6. The molecule has 0 spiro atoms. The van der Waals surface area contributed by atoms with Gasteiger partial charge in [0.1, 0.15) is 41.5 Å². The number of hydrogen-bond donors (Lipinski definition) is 0. The maximum atomic E-state index is 12.8. The van der Waals surface area contributed by atoms with Gasteiger partial charge < -0.3 is 23.4 Å². The Kier molecular flexibility index (Phi) is 5.57. The second-order valence-corrected chi connectivity index (χ2v) is 6.47. The summed E-state index contributed by atoms with van der Waals surface area (Å²) in [7, 11) is 3.19. The lowest BCUT2D eigenvalue weighted by Crippen LogP contribution is -2.05. The molecule has 6 heteroatoms. The van der Waals surface area contributed by atoms with Crippen molar-refractivity contribution >= 4 is 11.0 Å². The van der Waals surface area contributed by atoms with E-state index >= 15 is 0 Å². The fourth-order valence-electron chi connectivity index (χ4n) is 3.03. The van der Waals surface area contributed by atoms with Gasteiger partial charge in [-0.3, -0.25) is 4.79 Å². The normalized spacial score (nSPS) is 10.6. The summed E-state index contributed by atoms with van der Waals surface area (Å²) in [6.45, 7) is 0.330. The summed E-state index contributed by atoms with van der Waals surface area (Å²) in [5, 5.41) is 0.403. The zero-order valence-corrected chi connectivity index (χ0v) is 16.6. The molecule has 0 fully saturated rings. The third kappa shape index (κ3) is 4.07. The molecule has 0 amide bonds. The highest BCUT2D eigenvalue weighted by molar-refractivity contribution is 5.79. The van der Waals surface area contributed by atoms with Crippen molar-refractivity contribution in [2.45, 2.75) is 6.61 Å². The minimum atomic E-state index is -0.268. The van der Waals surface area contributed by atoms with Gasteiger partial charge in [-0.2, -0.15) is 0 Å². The Hall–Kier alpha value is -3.93. The van der Waals surface area contributed by atoms with E-state index in [1.807, 2.05) is 24.3 Å². The van der Waals surface area contributed by atoms with E-state index in [0.717, 1.165) is 11.3 Å². The number of hydrogen-bond acceptors (Lipinski definition) is 6. The van der Waals surface area contributed by atoms with Crippen molar-refractivity contribution in [3.05, 3.63) is 88.8 Å². The largest absolute Gasteiger partial charge is 0.497 e. The van der Waals surface area contributed by atoms with Gasteiger partial charge in [-0.15, -0.1) is 0 Å². The van der Waals surface area contributed by atoms with Crippen LogP contribution in [0.3, 0.4) is 0 Å². The molecule has 152 valence electrons. The van der Waals surface area contributed by atoms with Gasteiger partial charge in [0, 0.05) is 17.7 Å².